The molecule has 0 aromatic heterocycles. The van der Waals surface area contributed by atoms with Crippen LogP contribution in [0.1, 0.15) is 18.1 Å². The predicted octanol–water partition coefficient (Wildman–Crippen LogP) is 4.15. The molecule has 36 heavy (non-hydrogen) atoms. The molecule has 3 amide bonds. The minimum absolute atomic E-state index is 0.184. The standard InChI is InChI=1S/C26H25ClN4O5/c1-3-35-23-10-5-4-8-22(23)30-25(33)26(34)31-28-15-18-11-13-19(14-12-18)36-16-24(32)29-21-9-6-7-20(27)17(21)2/h4-15H,3,16H2,1-2H3,(H,29,32)(H,30,33)(H,31,34)/b28-15-. The Morgan fingerprint density at radius 1 is 0.889 bits per heavy atom. The van der Waals surface area contributed by atoms with Crippen LogP contribution in [0.3, 0.4) is 0 Å². The maximum Gasteiger partial charge on any atom is 0.329 e. The Bertz CT molecular complexity index is 1260. The van der Waals surface area contributed by atoms with Gasteiger partial charge >= 0.3 is 11.8 Å². The van der Waals surface area contributed by atoms with Gasteiger partial charge in [-0.15, -0.1) is 0 Å². The Morgan fingerprint density at radius 3 is 2.36 bits per heavy atom. The Balaban J connectivity index is 1.46. The van der Waals surface area contributed by atoms with Gasteiger partial charge in [0.05, 0.1) is 18.5 Å². The van der Waals surface area contributed by atoms with Crippen molar-refractivity contribution in [3.8, 4) is 11.5 Å². The molecule has 0 aliphatic rings. The van der Waals surface area contributed by atoms with E-state index in [0.29, 0.717) is 40.1 Å². The van der Waals surface area contributed by atoms with E-state index in [-0.39, 0.29) is 12.5 Å². The van der Waals surface area contributed by atoms with Gasteiger partial charge in [-0.1, -0.05) is 29.8 Å². The van der Waals surface area contributed by atoms with Crippen molar-refractivity contribution in [3.05, 3.63) is 82.9 Å². The van der Waals surface area contributed by atoms with E-state index in [1.54, 1.807) is 66.7 Å². The molecule has 0 aliphatic carbocycles. The predicted molar refractivity (Wildman–Crippen MR) is 139 cm³/mol. The summed E-state index contributed by atoms with van der Waals surface area (Å²) in [6.07, 6.45) is 1.37. The summed E-state index contributed by atoms with van der Waals surface area (Å²) in [4.78, 5) is 36.3. The van der Waals surface area contributed by atoms with Gasteiger partial charge in [-0.05, 0) is 73.5 Å². The number of carbonyl (C=O) groups is 3. The van der Waals surface area contributed by atoms with Crippen LogP contribution in [-0.4, -0.2) is 37.1 Å². The quantitative estimate of drug-likeness (QED) is 0.228. The number of nitrogens with one attached hydrogen (secondary N) is 3. The highest BCUT2D eigenvalue weighted by molar-refractivity contribution is 6.39. The lowest BCUT2D eigenvalue weighted by molar-refractivity contribution is -0.136. The lowest BCUT2D eigenvalue weighted by Gasteiger charge is -2.10. The summed E-state index contributed by atoms with van der Waals surface area (Å²) < 4.78 is 10.9. The van der Waals surface area contributed by atoms with E-state index in [2.05, 4.69) is 21.2 Å². The highest BCUT2D eigenvalue weighted by Gasteiger charge is 2.15. The van der Waals surface area contributed by atoms with E-state index in [0.717, 1.165) is 5.56 Å². The summed E-state index contributed by atoms with van der Waals surface area (Å²) in [5.41, 5.74) is 4.60. The number of nitrogens with zero attached hydrogens (tertiary/aromatic N) is 1. The van der Waals surface area contributed by atoms with E-state index in [9.17, 15) is 14.4 Å². The van der Waals surface area contributed by atoms with Gasteiger partial charge in [0.1, 0.15) is 11.5 Å². The minimum Gasteiger partial charge on any atom is -0.492 e. The molecule has 0 unspecified atom stereocenters. The Labute approximate surface area is 213 Å². The molecule has 3 aromatic rings. The molecule has 0 aliphatic heterocycles. The molecule has 0 saturated carbocycles. The van der Waals surface area contributed by atoms with E-state index in [1.165, 1.54) is 6.21 Å². The largest absolute Gasteiger partial charge is 0.492 e. The monoisotopic (exact) mass is 508 g/mol. The van der Waals surface area contributed by atoms with Gasteiger partial charge in [0.2, 0.25) is 0 Å². The first-order valence-electron chi connectivity index (χ1n) is 11.0. The van der Waals surface area contributed by atoms with Gasteiger partial charge in [0.25, 0.3) is 5.91 Å². The molecule has 0 radical (unpaired) electrons. The third kappa shape index (κ3) is 7.57. The summed E-state index contributed by atoms with van der Waals surface area (Å²) in [6, 6.07) is 18.7. The van der Waals surface area contributed by atoms with Crippen LogP contribution in [0, 0.1) is 6.92 Å². The molecule has 0 atom stereocenters. The van der Waals surface area contributed by atoms with E-state index >= 15 is 0 Å². The van der Waals surface area contributed by atoms with Gasteiger partial charge in [-0.25, -0.2) is 5.43 Å². The normalized spacial score (nSPS) is 10.5. The summed E-state index contributed by atoms with van der Waals surface area (Å²) >= 11 is 6.06. The summed E-state index contributed by atoms with van der Waals surface area (Å²) in [5, 5.41) is 9.61. The van der Waals surface area contributed by atoms with Crippen LogP contribution in [0.15, 0.2) is 71.8 Å². The van der Waals surface area contributed by atoms with Crippen molar-refractivity contribution in [2.75, 3.05) is 23.8 Å². The number of hydrogen-bond acceptors (Lipinski definition) is 6. The van der Waals surface area contributed by atoms with Crippen LogP contribution in [0.25, 0.3) is 0 Å². The van der Waals surface area contributed by atoms with Crippen molar-refractivity contribution in [2.24, 2.45) is 5.10 Å². The zero-order valence-electron chi connectivity index (χ0n) is 19.7. The number of carbonyl (C=O) groups excluding carboxylic acids is 3. The Kier molecular flexibility index (Phi) is 9.41. The molecule has 186 valence electrons. The maximum absolute atomic E-state index is 12.2. The van der Waals surface area contributed by atoms with E-state index in [4.69, 9.17) is 21.1 Å². The topological polar surface area (TPSA) is 118 Å². The van der Waals surface area contributed by atoms with Crippen LogP contribution < -0.4 is 25.5 Å². The molecular formula is C26H25ClN4O5. The zero-order chi connectivity index (χ0) is 25.9. The van der Waals surface area contributed by atoms with Gasteiger partial charge < -0.3 is 20.1 Å². The number of amides is 3. The van der Waals surface area contributed by atoms with Gasteiger partial charge in [0.15, 0.2) is 6.61 Å². The number of hydrazone groups is 1. The fourth-order valence-electron chi connectivity index (χ4n) is 2.97. The molecule has 0 bridgehead atoms. The zero-order valence-corrected chi connectivity index (χ0v) is 20.5. The summed E-state index contributed by atoms with van der Waals surface area (Å²) in [7, 11) is 0. The number of halogens is 1. The second-order valence-electron chi connectivity index (χ2n) is 7.40. The Morgan fingerprint density at radius 2 is 1.61 bits per heavy atom. The third-order valence-electron chi connectivity index (χ3n) is 4.81. The molecule has 0 spiro atoms. The van der Waals surface area contributed by atoms with E-state index in [1.807, 2.05) is 13.8 Å². The number of benzene rings is 3. The molecule has 0 heterocycles. The van der Waals surface area contributed by atoms with Crippen molar-refractivity contribution in [2.45, 2.75) is 13.8 Å². The first-order valence-corrected chi connectivity index (χ1v) is 11.4. The second kappa shape index (κ2) is 12.9. The van der Waals surface area contributed by atoms with Crippen LogP contribution in [0.2, 0.25) is 5.02 Å². The average molecular weight is 509 g/mol. The second-order valence-corrected chi connectivity index (χ2v) is 7.81. The van der Waals surface area contributed by atoms with Crippen LogP contribution in [0.5, 0.6) is 11.5 Å². The van der Waals surface area contributed by atoms with Gasteiger partial charge in [0, 0.05) is 10.7 Å². The minimum atomic E-state index is -0.932. The van der Waals surface area contributed by atoms with Gasteiger partial charge in [-0.2, -0.15) is 5.10 Å². The van der Waals surface area contributed by atoms with E-state index < -0.39 is 11.8 Å². The number of hydrogen-bond donors (Lipinski definition) is 3. The van der Waals surface area contributed by atoms with Crippen LogP contribution in [-0.2, 0) is 14.4 Å². The number of anilines is 2. The average Bonchev–Trinajstić information content (AvgIpc) is 2.87. The van der Waals surface area contributed by atoms with Crippen molar-refractivity contribution in [1.82, 2.24) is 5.43 Å². The highest BCUT2D eigenvalue weighted by atomic mass is 35.5. The van der Waals surface area contributed by atoms with Crippen molar-refractivity contribution in [3.63, 3.8) is 0 Å². The van der Waals surface area contributed by atoms with Crippen molar-refractivity contribution < 1.29 is 23.9 Å². The number of rotatable bonds is 9. The molecule has 0 saturated heterocycles. The molecule has 0 fully saturated rings. The Hall–Kier alpha value is -4.37. The number of para-hydroxylation sites is 2. The molecular weight excluding hydrogens is 484 g/mol. The fraction of sp³-hybridized carbons (Fsp3) is 0.154. The molecule has 3 aromatic carbocycles. The van der Waals surface area contributed by atoms with Crippen molar-refractivity contribution >= 4 is 46.9 Å². The number of ether oxygens (including phenoxy) is 2. The molecule has 3 rings (SSSR count). The first kappa shape index (κ1) is 26.2. The molecule has 9 nitrogen and oxygen atoms in total. The lowest BCUT2D eigenvalue weighted by atomic mass is 10.2. The van der Waals surface area contributed by atoms with Crippen LogP contribution >= 0.6 is 11.6 Å². The fourth-order valence-corrected chi connectivity index (χ4v) is 3.15. The van der Waals surface area contributed by atoms with Crippen LogP contribution in [0.4, 0.5) is 11.4 Å². The van der Waals surface area contributed by atoms with Crippen molar-refractivity contribution in [1.29, 1.82) is 0 Å². The third-order valence-corrected chi connectivity index (χ3v) is 5.22. The molecule has 3 N–H and O–H groups in total. The smallest absolute Gasteiger partial charge is 0.329 e. The summed E-state index contributed by atoms with van der Waals surface area (Å²) in [5.74, 6) is -1.20. The maximum atomic E-state index is 12.2. The highest BCUT2D eigenvalue weighted by Crippen LogP contribution is 2.24. The molecule has 10 heteroatoms. The summed E-state index contributed by atoms with van der Waals surface area (Å²) in [6.45, 7) is 3.87. The SMILES string of the molecule is CCOc1ccccc1NC(=O)C(=O)N/N=C\c1ccc(OCC(=O)Nc2cccc(Cl)c2C)cc1. The lowest BCUT2D eigenvalue weighted by Crippen LogP contribution is -2.32. The van der Waals surface area contributed by atoms with Gasteiger partial charge in [-0.3, -0.25) is 14.4 Å². The first-order chi connectivity index (χ1) is 17.4.